The molecule has 2 heterocycles. The third kappa shape index (κ3) is 4.43. The summed E-state index contributed by atoms with van der Waals surface area (Å²) in [4.78, 5) is 39.0. The number of carbonyl (C=O) groups is 1. The first-order chi connectivity index (χ1) is 15.0. The Bertz CT molecular complexity index is 1210. The van der Waals surface area contributed by atoms with Crippen LogP contribution in [0.5, 0.6) is 0 Å². The first kappa shape index (κ1) is 21.0. The summed E-state index contributed by atoms with van der Waals surface area (Å²) in [7, 11) is 0. The van der Waals surface area contributed by atoms with E-state index in [0.29, 0.717) is 6.42 Å². The van der Waals surface area contributed by atoms with Crippen molar-refractivity contribution in [2.75, 3.05) is 11.9 Å². The first-order valence-corrected chi connectivity index (χ1v) is 10.0. The molecule has 4 rings (SSSR count). The molecule has 1 amide bonds. The van der Waals surface area contributed by atoms with Gasteiger partial charge in [0.05, 0.1) is 12.7 Å². The van der Waals surface area contributed by atoms with E-state index in [1.807, 2.05) is 42.5 Å². The lowest BCUT2D eigenvalue weighted by molar-refractivity contribution is -0.116. The molecule has 3 aromatic rings. The van der Waals surface area contributed by atoms with Gasteiger partial charge in [0.15, 0.2) is 0 Å². The number of aromatic amines is 1. The summed E-state index contributed by atoms with van der Waals surface area (Å²) < 4.78 is 6.56. The summed E-state index contributed by atoms with van der Waals surface area (Å²) in [6.07, 6.45) is -0.698. The molecule has 1 fully saturated rings. The van der Waals surface area contributed by atoms with Gasteiger partial charge in [-0.05, 0) is 22.8 Å². The Morgan fingerprint density at radius 3 is 2.74 bits per heavy atom. The number of anilines is 1. The van der Waals surface area contributed by atoms with Crippen LogP contribution < -0.4 is 16.6 Å². The molecule has 3 atom stereocenters. The van der Waals surface area contributed by atoms with E-state index in [2.05, 4.69) is 10.3 Å². The zero-order chi connectivity index (χ0) is 22.0. The molecule has 1 aliphatic rings. The summed E-state index contributed by atoms with van der Waals surface area (Å²) in [6, 6.07) is 13.8. The monoisotopic (exact) mass is 425 g/mol. The summed E-state index contributed by atoms with van der Waals surface area (Å²) >= 11 is 0. The number of hydrogen-bond donors (Lipinski definition) is 4. The Hall–Kier alpha value is -3.27. The number of H-pyrrole nitrogens is 1. The molecule has 0 aliphatic carbocycles. The Morgan fingerprint density at radius 1 is 1.19 bits per heavy atom. The molecule has 2 aromatic carbocycles. The summed E-state index contributed by atoms with van der Waals surface area (Å²) in [5.74, 6) is -0.371. The summed E-state index contributed by atoms with van der Waals surface area (Å²) in [5.41, 5.74) is -0.518. The minimum absolute atomic E-state index is 0.0750. The van der Waals surface area contributed by atoms with Gasteiger partial charge in [0.1, 0.15) is 18.0 Å². The first-order valence-electron chi connectivity index (χ1n) is 10.0. The Kier molecular flexibility index (Phi) is 5.99. The van der Waals surface area contributed by atoms with Gasteiger partial charge >= 0.3 is 5.69 Å². The van der Waals surface area contributed by atoms with Gasteiger partial charge in [0.2, 0.25) is 5.91 Å². The number of aliphatic hydroxyl groups is 2. The minimum Gasteiger partial charge on any atom is -0.394 e. The number of aliphatic hydroxyl groups excluding tert-OH is 2. The van der Waals surface area contributed by atoms with Gasteiger partial charge in [-0.25, -0.2) is 4.79 Å². The number of ether oxygens (including phenoxy) is 1. The molecule has 0 radical (unpaired) electrons. The van der Waals surface area contributed by atoms with Crippen LogP contribution in [-0.4, -0.2) is 44.5 Å². The minimum atomic E-state index is -0.937. The van der Waals surface area contributed by atoms with Crippen LogP contribution in [0.3, 0.4) is 0 Å². The normalized spacial score (nSPS) is 20.8. The van der Waals surface area contributed by atoms with Gasteiger partial charge in [0.25, 0.3) is 5.56 Å². The highest BCUT2D eigenvalue weighted by molar-refractivity contribution is 5.91. The molecule has 0 saturated carbocycles. The molecule has 4 N–H and O–H groups in total. The van der Waals surface area contributed by atoms with Crippen molar-refractivity contribution in [2.45, 2.75) is 37.7 Å². The van der Waals surface area contributed by atoms with Gasteiger partial charge < -0.3 is 20.3 Å². The van der Waals surface area contributed by atoms with E-state index in [1.54, 1.807) is 0 Å². The molecular weight excluding hydrogens is 402 g/mol. The fourth-order valence-corrected chi connectivity index (χ4v) is 3.81. The molecule has 0 spiro atoms. The lowest BCUT2D eigenvalue weighted by Crippen LogP contribution is -2.34. The molecule has 1 aliphatic heterocycles. The molecule has 162 valence electrons. The molecule has 1 saturated heterocycles. The maximum absolute atomic E-state index is 12.5. The molecule has 0 bridgehead atoms. The van der Waals surface area contributed by atoms with Crippen LogP contribution in [0.15, 0.2) is 58.3 Å². The van der Waals surface area contributed by atoms with Crippen molar-refractivity contribution < 1.29 is 19.7 Å². The highest BCUT2D eigenvalue weighted by Crippen LogP contribution is 2.27. The van der Waals surface area contributed by atoms with E-state index in [4.69, 9.17) is 4.74 Å². The van der Waals surface area contributed by atoms with Crippen LogP contribution in [0.2, 0.25) is 0 Å². The van der Waals surface area contributed by atoms with Crippen molar-refractivity contribution in [3.8, 4) is 0 Å². The van der Waals surface area contributed by atoms with Crippen LogP contribution >= 0.6 is 0 Å². The van der Waals surface area contributed by atoms with Gasteiger partial charge in [-0.1, -0.05) is 42.5 Å². The number of hydrogen-bond acceptors (Lipinski definition) is 6. The number of fused-ring (bicyclic) bond motifs is 1. The number of amides is 1. The second-order valence-electron chi connectivity index (χ2n) is 7.51. The second kappa shape index (κ2) is 8.84. The van der Waals surface area contributed by atoms with Crippen LogP contribution in [0, 0.1) is 0 Å². The van der Waals surface area contributed by atoms with Gasteiger partial charge in [-0.3, -0.25) is 19.1 Å². The number of aromatic nitrogens is 2. The van der Waals surface area contributed by atoms with E-state index in [9.17, 15) is 24.6 Å². The average Bonchev–Trinajstić information content (AvgIpc) is 3.14. The van der Waals surface area contributed by atoms with Crippen molar-refractivity contribution in [3.63, 3.8) is 0 Å². The van der Waals surface area contributed by atoms with Gasteiger partial charge in [-0.15, -0.1) is 0 Å². The summed E-state index contributed by atoms with van der Waals surface area (Å²) in [5, 5.41) is 23.8. The van der Waals surface area contributed by atoms with E-state index in [1.165, 1.54) is 6.20 Å². The molecule has 31 heavy (non-hydrogen) atoms. The third-order valence-corrected chi connectivity index (χ3v) is 5.44. The van der Waals surface area contributed by atoms with Gasteiger partial charge in [-0.2, -0.15) is 0 Å². The zero-order valence-corrected chi connectivity index (χ0v) is 16.7. The number of aryl methyl sites for hydroxylation is 1. The largest absolute Gasteiger partial charge is 0.394 e. The Morgan fingerprint density at radius 2 is 1.97 bits per heavy atom. The van der Waals surface area contributed by atoms with Crippen molar-refractivity contribution >= 4 is 22.4 Å². The molecule has 1 unspecified atom stereocenters. The fourth-order valence-electron chi connectivity index (χ4n) is 3.81. The highest BCUT2D eigenvalue weighted by Gasteiger charge is 2.35. The van der Waals surface area contributed by atoms with Crippen LogP contribution in [0.25, 0.3) is 10.8 Å². The maximum atomic E-state index is 12.5. The second-order valence-corrected chi connectivity index (χ2v) is 7.51. The molecule has 9 nitrogen and oxygen atoms in total. The number of nitrogens with one attached hydrogen (secondary N) is 2. The average molecular weight is 425 g/mol. The quantitative estimate of drug-likeness (QED) is 0.464. The van der Waals surface area contributed by atoms with Crippen molar-refractivity contribution in [1.29, 1.82) is 0 Å². The summed E-state index contributed by atoms with van der Waals surface area (Å²) in [6.45, 7) is -0.395. The van der Waals surface area contributed by atoms with Crippen molar-refractivity contribution in [2.24, 2.45) is 0 Å². The Labute approximate surface area is 176 Å². The fraction of sp³-hybridized carbons (Fsp3) is 0.318. The molecule has 1 aromatic heterocycles. The lowest BCUT2D eigenvalue weighted by atomic mass is 10.0. The van der Waals surface area contributed by atoms with E-state index in [-0.39, 0.29) is 24.4 Å². The zero-order valence-electron chi connectivity index (χ0n) is 16.7. The SMILES string of the molecule is O=C(CCc1cccc2ccccc12)Nc1cn([C@@H]2CC(O)[C@H](CO)O2)c(=O)[nH]c1=O. The number of rotatable bonds is 6. The highest BCUT2D eigenvalue weighted by atomic mass is 16.5. The van der Waals surface area contributed by atoms with Crippen molar-refractivity contribution in [3.05, 3.63) is 75.1 Å². The maximum Gasteiger partial charge on any atom is 0.330 e. The van der Waals surface area contributed by atoms with Crippen LogP contribution in [-0.2, 0) is 16.0 Å². The predicted molar refractivity (Wildman–Crippen MR) is 114 cm³/mol. The standard InChI is InChI=1S/C22H23N3O6/c26-12-18-17(27)10-20(31-18)25-11-16(21(29)24-22(25)30)23-19(28)9-8-14-6-3-5-13-4-1-2-7-15(13)14/h1-7,11,17-18,20,26-27H,8-10,12H2,(H,23,28)(H,24,29,30)/t17?,18-,20-/m0/s1. The van der Waals surface area contributed by atoms with Crippen LogP contribution in [0.1, 0.15) is 24.6 Å². The Balaban J connectivity index is 1.48. The number of benzene rings is 2. The van der Waals surface area contributed by atoms with Gasteiger partial charge in [0, 0.05) is 19.0 Å². The number of nitrogens with zero attached hydrogens (tertiary/aromatic N) is 1. The van der Waals surface area contributed by atoms with E-state index < -0.39 is 36.3 Å². The van der Waals surface area contributed by atoms with E-state index >= 15 is 0 Å². The van der Waals surface area contributed by atoms with Crippen molar-refractivity contribution in [1.82, 2.24) is 9.55 Å². The number of carbonyl (C=O) groups excluding carboxylic acids is 1. The van der Waals surface area contributed by atoms with Crippen LogP contribution in [0.4, 0.5) is 5.69 Å². The third-order valence-electron chi connectivity index (χ3n) is 5.44. The predicted octanol–water partition coefficient (Wildman–Crippen LogP) is 0.902. The van der Waals surface area contributed by atoms with E-state index in [0.717, 1.165) is 20.9 Å². The molecule has 9 heteroatoms. The molecular formula is C22H23N3O6. The topological polar surface area (TPSA) is 134 Å². The smallest absolute Gasteiger partial charge is 0.330 e. The lowest BCUT2D eigenvalue weighted by Gasteiger charge is -2.15.